The van der Waals surface area contributed by atoms with Crippen molar-refractivity contribution >= 4 is 29.2 Å². The number of nitrogens with zero attached hydrogens (tertiary/aromatic N) is 1. The number of anilines is 2. The fourth-order valence-corrected chi connectivity index (χ4v) is 3.01. The summed E-state index contributed by atoms with van der Waals surface area (Å²) in [7, 11) is 0. The first-order valence-corrected chi connectivity index (χ1v) is 8.91. The average Bonchev–Trinajstić information content (AvgIpc) is 2.82. The van der Waals surface area contributed by atoms with Gasteiger partial charge in [0, 0.05) is 17.9 Å². The van der Waals surface area contributed by atoms with Crippen molar-refractivity contribution < 1.29 is 14.4 Å². The van der Waals surface area contributed by atoms with E-state index in [1.807, 2.05) is 45.9 Å². The first-order chi connectivity index (χ1) is 12.8. The van der Waals surface area contributed by atoms with Gasteiger partial charge in [-0.15, -0.1) is 0 Å². The van der Waals surface area contributed by atoms with Crippen molar-refractivity contribution in [2.24, 2.45) is 5.92 Å². The number of imide groups is 1. The summed E-state index contributed by atoms with van der Waals surface area (Å²) < 4.78 is 0. The molecule has 140 valence electrons. The Balaban J connectivity index is 1.74. The largest absolute Gasteiger partial charge is 0.323 e. The number of amides is 4. The molecule has 0 saturated carbocycles. The van der Waals surface area contributed by atoms with Crippen LogP contribution in [0.1, 0.15) is 45.7 Å². The monoisotopic (exact) mass is 365 g/mol. The van der Waals surface area contributed by atoms with Crippen LogP contribution in [0.5, 0.6) is 0 Å². The third-order valence-corrected chi connectivity index (χ3v) is 4.54. The van der Waals surface area contributed by atoms with E-state index in [2.05, 4.69) is 10.6 Å². The fraction of sp³-hybridized carbons (Fsp3) is 0.286. The molecule has 0 radical (unpaired) electrons. The molecule has 0 unspecified atom stereocenters. The molecule has 1 aliphatic heterocycles. The minimum atomic E-state index is -0.408. The van der Waals surface area contributed by atoms with Crippen LogP contribution in [0.25, 0.3) is 0 Å². The highest BCUT2D eigenvalue weighted by Crippen LogP contribution is 2.26. The topological polar surface area (TPSA) is 78.5 Å². The standard InChI is InChI=1S/C21H23N3O3/c1-12(2)11-24-19(25)17-8-7-16(10-18(17)20(24)26)23-21(27)22-15-6-5-13(3)14(4)9-15/h5-10,12H,11H2,1-4H3,(H2,22,23,27). The van der Waals surface area contributed by atoms with Gasteiger partial charge in [0.05, 0.1) is 11.1 Å². The number of hydrogen-bond donors (Lipinski definition) is 2. The lowest BCUT2D eigenvalue weighted by atomic mass is 10.1. The van der Waals surface area contributed by atoms with Gasteiger partial charge in [0.2, 0.25) is 0 Å². The number of aryl methyl sites for hydroxylation is 2. The van der Waals surface area contributed by atoms with Crippen molar-refractivity contribution in [2.45, 2.75) is 27.7 Å². The molecule has 0 aliphatic carbocycles. The highest BCUT2D eigenvalue weighted by Gasteiger charge is 2.35. The molecule has 6 nitrogen and oxygen atoms in total. The lowest BCUT2D eigenvalue weighted by molar-refractivity contribution is 0.0636. The van der Waals surface area contributed by atoms with E-state index in [9.17, 15) is 14.4 Å². The second kappa shape index (κ2) is 7.23. The molecular weight excluding hydrogens is 342 g/mol. The smallest absolute Gasteiger partial charge is 0.308 e. The molecule has 0 atom stereocenters. The quantitative estimate of drug-likeness (QED) is 0.797. The van der Waals surface area contributed by atoms with E-state index in [-0.39, 0.29) is 17.7 Å². The Morgan fingerprint density at radius 3 is 2.11 bits per heavy atom. The molecule has 1 heterocycles. The molecule has 0 aromatic heterocycles. The van der Waals surface area contributed by atoms with Gasteiger partial charge >= 0.3 is 6.03 Å². The van der Waals surface area contributed by atoms with E-state index in [4.69, 9.17) is 0 Å². The van der Waals surface area contributed by atoms with Crippen molar-refractivity contribution in [2.75, 3.05) is 17.2 Å². The number of hydrogen-bond acceptors (Lipinski definition) is 3. The lowest BCUT2D eigenvalue weighted by Gasteiger charge is -2.15. The van der Waals surface area contributed by atoms with E-state index < -0.39 is 6.03 Å². The number of urea groups is 1. The summed E-state index contributed by atoms with van der Waals surface area (Å²) in [5.74, 6) is -0.412. The highest BCUT2D eigenvalue weighted by molar-refractivity contribution is 6.22. The maximum atomic E-state index is 12.5. The van der Waals surface area contributed by atoms with Crippen LogP contribution in [0.4, 0.5) is 16.2 Å². The van der Waals surface area contributed by atoms with Crippen molar-refractivity contribution in [3.8, 4) is 0 Å². The predicted octanol–water partition coefficient (Wildman–Crippen LogP) is 4.20. The van der Waals surface area contributed by atoms with Crippen LogP contribution in [0, 0.1) is 19.8 Å². The van der Waals surface area contributed by atoms with Gasteiger partial charge in [-0.2, -0.15) is 0 Å². The Bertz CT molecular complexity index is 934. The molecule has 0 bridgehead atoms. The third-order valence-electron chi connectivity index (χ3n) is 4.54. The highest BCUT2D eigenvalue weighted by atomic mass is 16.2. The van der Waals surface area contributed by atoms with Crippen LogP contribution in [-0.2, 0) is 0 Å². The molecule has 0 saturated heterocycles. The summed E-state index contributed by atoms with van der Waals surface area (Å²) in [5.41, 5.74) is 4.08. The van der Waals surface area contributed by atoms with Gasteiger partial charge < -0.3 is 10.6 Å². The fourth-order valence-electron chi connectivity index (χ4n) is 3.01. The van der Waals surface area contributed by atoms with Gasteiger partial charge in [-0.1, -0.05) is 19.9 Å². The van der Waals surface area contributed by atoms with E-state index in [1.54, 1.807) is 18.2 Å². The van der Waals surface area contributed by atoms with Crippen LogP contribution < -0.4 is 10.6 Å². The molecule has 1 aliphatic rings. The minimum Gasteiger partial charge on any atom is -0.308 e. The van der Waals surface area contributed by atoms with Gasteiger partial charge in [-0.3, -0.25) is 14.5 Å². The molecule has 6 heteroatoms. The van der Waals surface area contributed by atoms with Gasteiger partial charge in [0.15, 0.2) is 0 Å². The molecule has 2 aromatic carbocycles. The summed E-state index contributed by atoms with van der Waals surface area (Å²) in [6.07, 6.45) is 0. The molecule has 0 fully saturated rings. The van der Waals surface area contributed by atoms with Crippen LogP contribution in [0.15, 0.2) is 36.4 Å². The Labute approximate surface area is 158 Å². The normalized spacial score (nSPS) is 13.1. The van der Waals surface area contributed by atoms with Gasteiger partial charge in [-0.05, 0) is 61.2 Å². The van der Waals surface area contributed by atoms with Crippen molar-refractivity contribution in [3.63, 3.8) is 0 Å². The molecule has 3 rings (SSSR count). The Kier molecular flexibility index (Phi) is 4.99. The Hall–Kier alpha value is -3.15. The number of carbonyl (C=O) groups excluding carboxylic acids is 3. The zero-order chi connectivity index (χ0) is 19.7. The first kappa shape index (κ1) is 18.6. The first-order valence-electron chi connectivity index (χ1n) is 8.91. The Morgan fingerprint density at radius 1 is 0.889 bits per heavy atom. The van der Waals surface area contributed by atoms with Crippen molar-refractivity contribution in [1.29, 1.82) is 0 Å². The molecule has 2 aromatic rings. The summed E-state index contributed by atoms with van der Waals surface area (Å²) >= 11 is 0. The van der Waals surface area contributed by atoms with E-state index in [0.717, 1.165) is 11.1 Å². The molecule has 27 heavy (non-hydrogen) atoms. The van der Waals surface area contributed by atoms with Crippen LogP contribution >= 0.6 is 0 Å². The van der Waals surface area contributed by atoms with Crippen LogP contribution in [-0.4, -0.2) is 29.3 Å². The van der Waals surface area contributed by atoms with Gasteiger partial charge in [0.1, 0.15) is 0 Å². The molecular formula is C21H23N3O3. The average molecular weight is 365 g/mol. The maximum Gasteiger partial charge on any atom is 0.323 e. The molecule has 2 N–H and O–H groups in total. The summed E-state index contributed by atoms with van der Waals surface area (Å²) in [5, 5.41) is 5.48. The second-order valence-corrected chi connectivity index (χ2v) is 7.25. The van der Waals surface area contributed by atoms with Crippen molar-refractivity contribution in [3.05, 3.63) is 58.7 Å². The number of benzene rings is 2. The summed E-state index contributed by atoms with van der Waals surface area (Å²) in [6.45, 7) is 8.26. The second-order valence-electron chi connectivity index (χ2n) is 7.25. The number of fused-ring (bicyclic) bond motifs is 1. The number of carbonyl (C=O) groups is 3. The third kappa shape index (κ3) is 3.84. The van der Waals surface area contributed by atoms with Gasteiger partial charge in [0.25, 0.3) is 11.8 Å². The van der Waals surface area contributed by atoms with Crippen LogP contribution in [0.3, 0.4) is 0 Å². The SMILES string of the molecule is Cc1ccc(NC(=O)Nc2ccc3c(c2)C(=O)N(CC(C)C)C3=O)cc1C. The Morgan fingerprint density at radius 2 is 1.48 bits per heavy atom. The molecule has 0 spiro atoms. The zero-order valence-electron chi connectivity index (χ0n) is 15.9. The van der Waals surface area contributed by atoms with E-state index in [1.165, 1.54) is 4.90 Å². The van der Waals surface area contributed by atoms with E-state index >= 15 is 0 Å². The lowest BCUT2D eigenvalue weighted by Crippen LogP contribution is -2.33. The number of rotatable bonds is 4. The van der Waals surface area contributed by atoms with Crippen LogP contribution in [0.2, 0.25) is 0 Å². The maximum absolute atomic E-state index is 12.5. The predicted molar refractivity (Wildman–Crippen MR) is 105 cm³/mol. The van der Waals surface area contributed by atoms with E-state index in [0.29, 0.717) is 29.0 Å². The summed E-state index contributed by atoms with van der Waals surface area (Å²) in [6, 6.07) is 10.0. The van der Waals surface area contributed by atoms with Crippen molar-refractivity contribution in [1.82, 2.24) is 4.90 Å². The zero-order valence-corrected chi connectivity index (χ0v) is 15.9. The summed E-state index contributed by atoms with van der Waals surface area (Å²) in [4.78, 5) is 38.4. The van der Waals surface area contributed by atoms with Gasteiger partial charge in [-0.25, -0.2) is 4.79 Å². The molecule has 4 amide bonds. The number of nitrogens with one attached hydrogen (secondary N) is 2. The minimum absolute atomic E-state index is 0.188.